The van der Waals surface area contributed by atoms with E-state index in [1.165, 1.54) is 31.4 Å². The van der Waals surface area contributed by atoms with Crippen LogP contribution in [0.1, 0.15) is 6.42 Å². The van der Waals surface area contributed by atoms with Crippen LogP contribution in [0.5, 0.6) is 5.75 Å². The standard InChI is InChI=1S/C20H26N4O5S/c1-29-19-7-9-20(10-8-19)30(27,28)21-11-2-12-22-13-15-23(16-14-22)17-3-5-18(6-4-17)24(25)26/h3-10,21H,2,11-16H2,1H3. The number of ether oxygens (including phenoxy) is 1. The molecule has 1 aliphatic heterocycles. The predicted molar refractivity (Wildman–Crippen MR) is 115 cm³/mol. The van der Waals surface area contributed by atoms with E-state index in [1.54, 1.807) is 24.3 Å². The Bertz CT molecular complexity index is 940. The molecule has 3 rings (SSSR count). The Morgan fingerprint density at radius 3 is 2.23 bits per heavy atom. The van der Waals surface area contributed by atoms with Crippen molar-refractivity contribution in [3.05, 3.63) is 58.6 Å². The summed E-state index contributed by atoms with van der Waals surface area (Å²) in [4.78, 5) is 15.1. The third-order valence-corrected chi connectivity index (χ3v) is 6.59. The lowest BCUT2D eigenvalue weighted by molar-refractivity contribution is -0.384. The molecule has 1 N–H and O–H groups in total. The number of nitrogens with zero attached hydrogens (tertiary/aromatic N) is 3. The van der Waals surface area contributed by atoms with E-state index in [0.717, 1.165) is 38.4 Å². The Morgan fingerprint density at radius 2 is 1.67 bits per heavy atom. The molecule has 0 unspecified atom stereocenters. The Labute approximate surface area is 176 Å². The zero-order chi connectivity index (χ0) is 21.6. The summed E-state index contributed by atoms with van der Waals surface area (Å²) in [6.45, 7) is 4.56. The Kier molecular flexibility index (Phi) is 7.24. The largest absolute Gasteiger partial charge is 0.497 e. The van der Waals surface area contributed by atoms with Crippen LogP contribution in [-0.4, -0.2) is 64.6 Å². The molecule has 1 fully saturated rings. The van der Waals surface area contributed by atoms with Crippen molar-refractivity contribution in [2.45, 2.75) is 11.3 Å². The van der Waals surface area contributed by atoms with Gasteiger partial charge in [0.25, 0.3) is 5.69 Å². The second kappa shape index (κ2) is 9.88. The van der Waals surface area contributed by atoms with Crippen molar-refractivity contribution in [3.8, 4) is 5.75 Å². The summed E-state index contributed by atoms with van der Waals surface area (Å²) >= 11 is 0. The lowest BCUT2D eigenvalue weighted by atomic mass is 10.2. The normalized spacial score (nSPS) is 15.2. The highest BCUT2D eigenvalue weighted by atomic mass is 32.2. The molecule has 2 aromatic rings. The second-order valence-corrected chi connectivity index (χ2v) is 8.80. The van der Waals surface area contributed by atoms with Gasteiger partial charge in [-0.2, -0.15) is 0 Å². The molecule has 1 heterocycles. The van der Waals surface area contributed by atoms with Crippen molar-refractivity contribution in [3.63, 3.8) is 0 Å². The quantitative estimate of drug-likeness (QED) is 0.366. The third kappa shape index (κ3) is 5.68. The first kappa shape index (κ1) is 22.0. The van der Waals surface area contributed by atoms with E-state index in [4.69, 9.17) is 4.74 Å². The van der Waals surface area contributed by atoms with Gasteiger partial charge in [-0.25, -0.2) is 13.1 Å². The van der Waals surface area contributed by atoms with Gasteiger partial charge in [0.1, 0.15) is 5.75 Å². The van der Waals surface area contributed by atoms with E-state index in [-0.39, 0.29) is 10.6 Å². The number of nitro groups is 1. The van der Waals surface area contributed by atoms with E-state index in [0.29, 0.717) is 18.7 Å². The average molecular weight is 435 g/mol. The molecule has 162 valence electrons. The average Bonchev–Trinajstić information content (AvgIpc) is 2.77. The Morgan fingerprint density at radius 1 is 1.03 bits per heavy atom. The van der Waals surface area contributed by atoms with E-state index >= 15 is 0 Å². The summed E-state index contributed by atoms with van der Waals surface area (Å²) < 4.78 is 32.4. The number of anilines is 1. The smallest absolute Gasteiger partial charge is 0.269 e. The van der Waals surface area contributed by atoms with Gasteiger partial charge in [-0.3, -0.25) is 15.0 Å². The molecule has 1 aliphatic rings. The third-order valence-electron chi connectivity index (χ3n) is 5.11. The number of hydrogen-bond acceptors (Lipinski definition) is 7. The van der Waals surface area contributed by atoms with Gasteiger partial charge in [0.2, 0.25) is 10.0 Å². The maximum atomic E-state index is 12.3. The van der Waals surface area contributed by atoms with Crippen LogP contribution in [-0.2, 0) is 10.0 Å². The van der Waals surface area contributed by atoms with Crippen LogP contribution in [0, 0.1) is 10.1 Å². The Balaban J connectivity index is 1.39. The molecular weight excluding hydrogens is 408 g/mol. The molecule has 0 bridgehead atoms. The minimum Gasteiger partial charge on any atom is -0.497 e. The van der Waals surface area contributed by atoms with Crippen LogP contribution in [0.3, 0.4) is 0 Å². The van der Waals surface area contributed by atoms with Crippen molar-refractivity contribution in [1.82, 2.24) is 9.62 Å². The fourth-order valence-corrected chi connectivity index (χ4v) is 4.44. The number of rotatable bonds is 9. The molecule has 0 aromatic heterocycles. The molecule has 0 amide bonds. The van der Waals surface area contributed by atoms with E-state index < -0.39 is 14.9 Å². The molecule has 2 aromatic carbocycles. The SMILES string of the molecule is COc1ccc(S(=O)(=O)NCCCN2CCN(c3ccc([N+](=O)[O-])cc3)CC2)cc1. The van der Waals surface area contributed by atoms with Crippen LogP contribution >= 0.6 is 0 Å². The first-order valence-corrected chi connectivity index (χ1v) is 11.2. The number of nitrogens with one attached hydrogen (secondary N) is 1. The fourth-order valence-electron chi connectivity index (χ4n) is 3.36. The number of piperazine rings is 1. The van der Waals surface area contributed by atoms with Gasteiger partial charge in [0.05, 0.1) is 16.9 Å². The maximum absolute atomic E-state index is 12.3. The highest BCUT2D eigenvalue weighted by molar-refractivity contribution is 7.89. The van der Waals surface area contributed by atoms with Gasteiger partial charge < -0.3 is 9.64 Å². The zero-order valence-corrected chi connectivity index (χ0v) is 17.7. The summed E-state index contributed by atoms with van der Waals surface area (Å²) in [7, 11) is -1.99. The predicted octanol–water partition coefficient (Wildman–Crippen LogP) is 2.09. The van der Waals surface area contributed by atoms with E-state index in [2.05, 4.69) is 14.5 Å². The van der Waals surface area contributed by atoms with Crippen LogP contribution in [0.4, 0.5) is 11.4 Å². The highest BCUT2D eigenvalue weighted by Crippen LogP contribution is 2.20. The van der Waals surface area contributed by atoms with Gasteiger partial charge in [-0.1, -0.05) is 0 Å². The maximum Gasteiger partial charge on any atom is 0.269 e. The lowest BCUT2D eigenvalue weighted by Gasteiger charge is -2.36. The van der Waals surface area contributed by atoms with E-state index in [9.17, 15) is 18.5 Å². The van der Waals surface area contributed by atoms with Crippen molar-refractivity contribution in [2.75, 3.05) is 51.3 Å². The first-order chi connectivity index (χ1) is 14.4. The minimum atomic E-state index is -3.52. The second-order valence-electron chi connectivity index (χ2n) is 7.03. The van der Waals surface area contributed by atoms with Crippen LogP contribution in [0.25, 0.3) is 0 Å². The van der Waals surface area contributed by atoms with Crippen LogP contribution in [0.15, 0.2) is 53.4 Å². The molecule has 0 aliphatic carbocycles. The number of non-ortho nitro benzene ring substituents is 1. The molecule has 0 atom stereocenters. The van der Waals surface area contributed by atoms with E-state index in [1.807, 2.05) is 0 Å². The molecule has 0 radical (unpaired) electrons. The summed E-state index contributed by atoms with van der Waals surface area (Å²) in [5, 5.41) is 10.8. The summed E-state index contributed by atoms with van der Waals surface area (Å²) in [5.41, 5.74) is 1.07. The van der Waals surface area contributed by atoms with Gasteiger partial charge in [-0.05, 0) is 49.4 Å². The fraction of sp³-hybridized carbons (Fsp3) is 0.400. The molecule has 9 nitrogen and oxygen atoms in total. The molecular formula is C20H26N4O5S. The topological polar surface area (TPSA) is 105 Å². The minimum absolute atomic E-state index is 0.0921. The number of hydrogen-bond donors (Lipinski definition) is 1. The molecule has 0 spiro atoms. The first-order valence-electron chi connectivity index (χ1n) is 9.74. The van der Waals surface area contributed by atoms with Crippen LogP contribution < -0.4 is 14.4 Å². The number of nitro benzene ring substituents is 1. The van der Waals surface area contributed by atoms with Crippen molar-refractivity contribution < 1.29 is 18.1 Å². The highest BCUT2D eigenvalue weighted by Gasteiger charge is 2.18. The monoisotopic (exact) mass is 434 g/mol. The lowest BCUT2D eigenvalue weighted by Crippen LogP contribution is -2.47. The number of sulfonamides is 1. The van der Waals surface area contributed by atoms with Gasteiger partial charge >= 0.3 is 0 Å². The molecule has 1 saturated heterocycles. The van der Waals surface area contributed by atoms with Crippen molar-refractivity contribution >= 4 is 21.4 Å². The van der Waals surface area contributed by atoms with Crippen molar-refractivity contribution in [1.29, 1.82) is 0 Å². The zero-order valence-electron chi connectivity index (χ0n) is 16.9. The molecule has 30 heavy (non-hydrogen) atoms. The van der Waals surface area contributed by atoms with Gasteiger partial charge in [-0.15, -0.1) is 0 Å². The Hall–Kier alpha value is -2.69. The van der Waals surface area contributed by atoms with Crippen molar-refractivity contribution in [2.24, 2.45) is 0 Å². The number of benzene rings is 2. The number of methoxy groups -OCH3 is 1. The van der Waals surface area contributed by atoms with Gasteiger partial charge in [0, 0.05) is 50.5 Å². The molecule has 10 heteroatoms. The molecule has 0 saturated carbocycles. The van der Waals surface area contributed by atoms with Crippen LogP contribution in [0.2, 0.25) is 0 Å². The van der Waals surface area contributed by atoms with Gasteiger partial charge in [0.15, 0.2) is 0 Å². The summed E-state index contributed by atoms with van der Waals surface area (Å²) in [6, 6.07) is 12.9. The summed E-state index contributed by atoms with van der Waals surface area (Å²) in [5.74, 6) is 0.613. The summed E-state index contributed by atoms with van der Waals surface area (Å²) in [6.07, 6.45) is 0.715.